The Labute approximate surface area is 209 Å². The fraction of sp³-hybridized carbons (Fsp3) is 0.370. The van der Waals surface area contributed by atoms with E-state index in [1.165, 1.54) is 6.07 Å². The highest BCUT2D eigenvalue weighted by atomic mass is 16.5. The molecule has 36 heavy (non-hydrogen) atoms. The van der Waals surface area contributed by atoms with Crippen LogP contribution in [0.25, 0.3) is 21.9 Å². The molecule has 5 rings (SSSR count). The number of piperazine rings is 1. The molecule has 0 saturated carbocycles. The summed E-state index contributed by atoms with van der Waals surface area (Å²) in [5.41, 5.74) is 8.09. The van der Waals surface area contributed by atoms with Crippen molar-refractivity contribution < 1.29 is 9.47 Å². The van der Waals surface area contributed by atoms with Crippen LogP contribution in [0.5, 0.6) is 11.8 Å². The van der Waals surface area contributed by atoms with Crippen LogP contribution in [0.2, 0.25) is 0 Å². The number of nitrogens with two attached hydrogens (primary N) is 1. The third-order valence-corrected chi connectivity index (χ3v) is 6.43. The maximum atomic E-state index is 11.5. The van der Waals surface area contributed by atoms with Gasteiger partial charge in [-0.05, 0) is 43.7 Å². The summed E-state index contributed by atoms with van der Waals surface area (Å²) in [6.07, 6.45) is 2.01. The number of hydrogen-bond donors (Lipinski definition) is 2. The molecule has 4 aromatic rings. The fourth-order valence-corrected chi connectivity index (χ4v) is 4.53. The van der Waals surface area contributed by atoms with Crippen LogP contribution in [0, 0.1) is 0 Å². The van der Waals surface area contributed by atoms with Gasteiger partial charge in [0.1, 0.15) is 12.3 Å². The molecule has 9 heteroatoms. The van der Waals surface area contributed by atoms with Gasteiger partial charge >= 0.3 is 0 Å². The van der Waals surface area contributed by atoms with Gasteiger partial charge in [-0.25, -0.2) is 4.98 Å². The lowest BCUT2D eigenvalue weighted by Crippen LogP contribution is -2.46. The standard InChI is InChI=1S/C27H32N6O3/c28-12-19-36-24-10-7-20-4-3-5-22(26(20)30-24)33-16-14-32(15-17-33)13-1-2-18-35-25-11-8-21-6-9-23(34)29-27(21)31-25/h3-11H,1-2,12-19,28H2,(H,29,31,34). The Morgan fingerprint density at radius 2 is 1.58 bits per heavy atom. The summed E-state index contributed by atoms with van der Waals surface area (Å²) in [6, 6.07) is 17.3. The predicted molar refractivity (Wildman–Crippen MR) is 142 cm³/mol. The highest BCUT2D eigenvalue weighted by molar-refractivity contribution is 5.91. The van der Waals surface area contributed by atoms with Crippen molar-refractivity contribution in [3.05, 3.63) is 65.0 Å². The number of aromatic nitrogens is 3. The first-order valence-electron chi connectivity index (χ1n) is 12.5. The number of unbranched alkanes of at least 4 members (excludes halogenated alkanes) is 1. The molecule has 4 heterocycles. The van der Waals surface area contributed by atoms with Crippen LogP contribution >= 0.6 is 0 Å². The molecule has 0 amide bonds. The van der Waals surface area contributed by atoms with Crippen LogP contribution in [0.15, 0.2) is 59.4 Å². The smallest absolute Gasteiger partial charge is 0.249 e. The molecule has 1 aliphatic heterocycles. The third-order valence-electron chi connectivity index (χ3n) is 6.43. The van der Waals surface area contributed by atoms with Gasteiger partial charge in [0.05, 0.1) is 17.8 Å². The van der Waals surface area contributed by atoms with E-state index in [0.29, 0.717) is 37.2 Å². The van der Waals surface area contributed by atoms with Crippen molar-refractivity contribution in [1.82, 2.24) is 19.9 Å². The highest BCUT2D eigenvalue weighted by Gasteiger charge is 2.19. The molecule has 1 fully saturated rings. The Bertz CT molecular complexity index is 1370. The van der Waals surface area contributed by atoms with Crippen LogP contribution < -0.4 is 25.7 Å². The Morgan fingerprint density at radius 3 is 2.42 bits per heavy atom. The van der Waals surface area contributed by atoms with Crippen LogP contribution in [0.4, 0.5) is 5.69 Å². The maximum Gasteiger partial charge on any atom is 0.249 e. The van der Waals surface area contributed by atoms with Crippen molar-refractivity contribution in [2.24, 2.45) is 5.73 Å². The molecule has 0 unspecified atom stereocenters. The summed E-state index contributed by atoms with van der Waals surface area (Å²) in [6.45, 7) is 6.53. The minimum Gasteiger partial charge on any atom is -0.478 e. The first-order chi connectivity index (χ1) is 17.7. The van der Waals surface area contributed by atoms with Crippen molar-refractivity contribution >= 4 is 27.6 Å². The molecule has 1 saturated heterocycles. The minimum atomic E-state index is -0.162. The van der Waals surface area contributed by atoms with Crippen molar-refractivity contribution in [1.29, 1.82) is 0 Å². The van der Waals surface area contributed by atoms with E-state index in [0.717, 1.165) is 67.5 Å². The van der Waals surface area contributed by atoms with Gasteiger partial charge in [-0.3, -0.25) is 9.69 Å². The van der Waals surface area contributed by atoms with Gasteiger partial charge in [0.15, 0.2) is 0 Å². The molecule has 0 atom stereocenters. The van der Waals surface area contributed by atoms with Gasteiger partial charge in [0.2, 0.25) is 17.3 Å². The normalized spacial score (nSPS) is 14.4. The zero-order valence-corrected chi connectivity index (χ0v) is 20.4. The van der Waals surface area contributed by atoms with E-state index >= 15 is 0 Å². The summed E-state index contributed by atoms with van der Waals surface area (Å²) < 4.78 is 11.5. The number of pyridine rings is 3. The van der Waals surface area contributed by atoms with Gasteiger partial charge in [0.25, 0.3) is 0 Å². The zero-order chi connectivity index (χ0) is 24.7. The molecule has 0 aliphatic carbocycles. The lowest BCUT2D eigenvalue weighted by molar-refractivity contribution is 0.237. The van der Waals surface area contributed by atoms with E-state index in [1.54, 1.807) is 6.07 Å². The number of nitrogens with one attached hydrogen (secondary N) is 1. The SMILES string of the molecule is NCCOc1ccc2cccc(N3CCN(CCCCOc4ccc5ccc(=O)[nH]c5n4)CC3)c2n1. The quantitative estimate of drug-likeness (QED) is 0.328. The zero-order valence-electron chi connectivity index (χ0n) is 20.4. The number of nitrogens with zero attached hydrogens (tertiary/aromatic N) is 4. The second-order valence-corrected chi connectivity index (χ2v) is 8.93. The van der Waals surface area contributed by atoms with Crippen molar-refractivity contribution in [3.63, 3.8) is 0 Å². The molecule has 1 aromatic carbocycles. The fourth-order valence-electron chi connectivity index (χ4n) is 4.53. The van der Waals surface area contributed by atoms with Gasteiger partial charge in [-0.2, -0.15) is 4.98 Å². The van der Waals surface area contributed by atoms with Crippen LogP contribution in [0.1, 0.15) is 12.8 Å². The maximum absolute atomic E-state index is 11.5. The first kappa shape index (κ1) is 24.0. The van der Waals surface area contributed by atoms with Crippen molar-refractivity contribution in [2.45, 2.75) is 12.8 Å². The van der Waals surface area contributed by atoms with E-state index in [1.807, 2.05) is 18.2 Å². The van der Waals surface area contributed by atoms with Crippen molar-refractivity contribution in [2.75, 3.05) is 57.4 Å². The number of benzene rings is 1. The van der Waals surface area contributed by atoms with E-state index in [2.05, 4.69) is 44.0 Å². The van der Waals surface area contributed by atoms with Gasteiger partial charge < -0.3 is 25.1 Å². The van der Waals surface area contributed by atoms with Crippen LogP contribution in [0.3, 0.4) is 0 Å². The van der Waals surface area contributed by atoms with E-state index < -0.39 is 0 Å². The monoisotopic (exact) mass is 488 g/mol. The predicted octanol–water partition coefficient (Wildman–Crippen LogP) is 2.79. The van der Waals surface area contributed by atoms with Crippen LogP contribution in [-0.4, -0.2) is 72.3 Å². The molecule has 0 bridgehead atoms. The number of aromatic amines is 1. The number of rotatable bonds is 10. The molecule has 3 aromatic heterocycles. The average molecular weight is 489 g/mol. The largest absolute Gasteiger partial charge is 0.478 e. The van der Waals surface area contributed by atoms with Crippen molar-refractivity contribution in [3.8, 4) is 11.8 Å². The number of H-pyrrole nitrogens is 1. The average Bonchev–Trinajstić information content (AvgIpc) is 2.91. The Balaban J connectivity index is 1.08. The lowest BCUT2D eigenvalue weighted by atomic mass is 10.1. The molecule has 0 radical (unpaired) electrons. The summed E-state index contributed by atoms with van der Waals surface area (Å²) in [7, 11) is 0. The Hall–Kier alpha value is -3.69. The van der Waals surface area contributed by atoms with Gasteiger partial charge in [-0.15, -0.1) is 0 Å². The van der Waals surface area contributed by atoms with E-state index in [-0.39, 0.29) is 5.56 Å². The van der Waals surface area contributed by atoms with E-state index in [4.69, 9.17) is 20.2 Å². The lowest BCUT2D eigenvalue weighted by Gasteiger charge is -2.36. The molecule has 0 spiro atoms. The molecular weight excluding hydrogens is 456 g/mol. The molecule has 188 valence electrons. The molecule has 9 nitrogen and oxygen atoms in total. The summed E-state index contributed by atoms with van der Waals surface area (Å²) in [4.78, 5) is 28.3. The molecule has 3 N–H and O–H groups in total. The number of ether oxygens (including phenoxy) is 2. The number of hydrogen-bond acceptors (Lipinski definition) is 8. The summed E-state index contributed by atoms with van der Waals surface area (Å²) in [5, 5.41) is 2.00. The summed E-state index contributed by atoms with van der Waals surface area (Å²) in [5.74, 6) is 1.16. The minimum absolute atomic E-state index is 0.162. The third kappa shape index (κ3) is 5.75. The second kappa shape index (κ2) is 11.4. The number of anilines is 1. The number of para-hydroxylation sites is 1. The van der Waals surface area contributed by atoms with Gasteiger partial charge in [-0.1, -0.05) is 12.1 Å². The first-order valence-corrected chi connectivity index (χ1v) is 12.5. The Kier molecular flexibility index (Phi) is 7.58. The van der Waals surface area contributed by atoms with Crippen LogP contribution in [-0.2, 0) is 0 Å². The highest BCUT2D eigenvalue weighted by Crippen LogP contribution is 2.28. The second-order valence-electron chi connectivity index (χ2n) is 8.93. The van der Waals surface area contributed by atoms with Gasteiger partial charge in [0, 0.05) is 61.7 Å². The number of fused-ring (bicyclic) bond motifs is 2. The molecular formula is C27H32N6O3. The van der Waals surface area contributed by atoms with E-state index in [9.17, 15) is 4.79 Å². The molecule has 1 aliphatic rings. The summed E-state index contributed by atoms with van der Waals surface area (Å²) >= 11 is 0. The Morgan fingerprint density at radius 1 is 0.833 bits per heavy atom. The topological polar surface area (TPSA) is 110 Å².